The van der Waals surface area contributed by atoms with E-state index in [4.69, 9.17) is 16.7 Å². The molecule has 24 heavy (non-hydrogen) atoms. The fraction of sp³-hybridized carbons (Fsp3) is 0.467. The van der Waals surface area contributed by atoms with Crippen LogP contribution in [0.15, 0.2) is 18.2 Å². The molecule has 1 aromatic rings. The van der Waals surface area contributed by atoms with Crippen LogP contribution in [0, 0.1) is 5.92 Å². The Morgan fingerprint density at radius 1 is 1.33 bits per heavy atom. The van der Waals surface area contributed by atoms with Crippen molar-refractivity contribution >= 4 is 23.6 Å². The molecule has 0 spiro atoms. The summed E-state index contributed by atoms with van der Waals surface area (Å²) in [6.45, 7) is -0.0625. The quantitative estimate of drug-likeness (QED) is 0.722. The molecule has 0 aliphatic heterocycles. The number of alkyl halides is 3. The van der Waals surface area contributed by atoms with Gasteiger partial charge in [-0.15, -0.1) is 0 Å². The van der Waals surface area contributed by atoms with Crippen molar-refractivity contribution in [3.8, 4) is 0 Å². The maximum atomic E-state index is 13.0. The third-order valence-electron chi connectivity index (χ3n) is 3.66. The highest BCUT2D eigenvalue weighted by atomic mass is 35.5. The SMILES string of the molecule is O=C(O)CCNC(=O)NC(c1ccc(Cl)c(C(F)(F)F)c1)C1CC1. The predicted octanol–water partition coefficient (Wildman–Crippen LogP) is 3.58. The van der Waals surface area contributed by atoms with Crippen molar-refractivity contribution < 1.29 is 27.9 Å². The van der Waals surface area contributed by atoms with E-state index in [0.29, 0.717) is 5.56 Å². The van der Waals surface area contributed by atoms with Crippen molar-refractivity contribution in [2.24, 2.45) is 5.92 Å². The van der Waals surface area contributed by atoms with Crippen LogP contribution in [0.5, 0.6) is 0 Å². The van der Waals surface area contributed by atoms with Crippen LogP contribution in [0.25, 0.3) is 0 Å². The summed E-state index contributed by atoms with van der Waals surface area (Å²) in [5.74, 6) is -1.00. The van der Waals surface area contributed by atoms with Gasteiger partial charge in [0.2, 0.25) is 0 Å². The van der Waals surface area contributed by atoms with Gasteiger partial charge in [-0.1, -0.05) is 17.7 Å². The Morgan fingerprint density at radius 2 is 2.00 bits per heavy atom. The topological polar surface area (TPSA) is 78.4 Å². The number of benzene rings is 1. The van der Waals surface area contributed by atoms with Gasteiger partial charge in [-0.2, -0.15) is 13.2 Å². The van der Waals surface area contributed by atoms with Crippen LogP contribution in [0.1, 0.15) is 36.4 Å². The Morgan fingerprint density at radius 3 is 2.54 bits per heavy atom. The lowest BCUT2D eigenvalue weighted by molar-refractivity contribution is -0.138. The maximum absolute atomic E-state index is 13.0. The van der Waals surface area contributed by atoms with Crippen LogP contribution in [0.4, 0.5) is 18.0 Å². The molecule has 3 N–H and O–H groups in total. The number of carbonyl (C=O) groups is 2. The molecule has 9 heteroatoms. The molecule has 1 saturated carbocycles. The molecule has 1 aromatic carbocycles. The van der Waals surface area contributed by atoms with E-state index >= 15 is 0 Å². The van der Waals surface area contributed by atoms with Crippen molar-refractivity contribution in [1.82, 2.24) is 10.6 Å². The van der Waals surface area contributed by atoms with E-state index in [1.165, 1.54) is 12.1 Å². The van der Waals surface area contributed by atoms with Crippen molar-refractivity contribution in [2.45, 2.75) is 31.5 Å². The minimum Gasteiger partial charge on any atom is -0.481 e. The van der Waals surface area contributed by atoms with E-state index in [9.17, 15) is 22.8 Å². The molecule has 132 valence electrons. The van der Waals surface area contributed by atoms with Crippen LogP contribution in [-0.4, -0.2) is 23.7 Å². The second kappa shape index (κ2) is 7.29. The lowest BCUT2D eigenvalue weighted by atomic mass is 10.00. The fourth-order valence-corrected chi connectivity index (χ4v) is 2.56. The number of rotatable bonds is 6. The van der Waals surface area contributed by atoms with Crippen LogP contribution in [0.2, 0.25) is 5.02 Å². The number of carbonyl (C=O) groups excluding carboxylic acids is 1. The first-order valence-electron chi connectivity index (χ1n) is 7.31. The summed E-state index contributed by atoms with van der Waals surface area (Å²) in [6.07, 6.45) is -3.22. The number of aliphatic carboxylic acids is 1. The van der Waals surface area contributed by atoms with Crippen LogP contribution in [0.3, 0.4) is 0 Å². The van der Waals surface area contributed by atoms with Gasteiger partial charge in [0.25, 0.3) is 0 Å². The number of hydrogen-bond acceptors (Lipinski definition) is 2. The molecule has 1 aliphatic carbocycles. The molecule has 1 aliphatic rings. The molecule has 2 amide bonds. The highest BCUT2D eigenvalue weighted by Crippen LogP contribution is 2.43. The number of urea groups is 1. The van der Waals surface area contributed by atoms with Crippen LogP contribution in [-0.2, 0) is 11.0 Å². The molecular formula is C15H16ClF3N2O3. The summed E-state index contributed by atoms with van der Waals surface area (Å²) in [5.41, 5.74) is -0.622. The van der Waals surface area contributed by atoms with E-state index in [2.05, 4.69) is 10.6 Å². The first-order chi connectivity index (χ1) is 11.2. The van der Waals surface area contributed by atoms with Gasteiger partial charge in [0, 0.05) is 6.54 Å². The molecule has 0 radical (unpaired) electrons. The van der Waals surface area contributed by atoms with Crippen molar-refractivity contribution in [2.75, 3.05) is 6.54 Å². The summed E-state index contributed by atoms with van der Waals surface area (Å²) in [4.78, 5) is 22.2. The standard InChI is InChI=1S/C15H16ClF3N2O3/c16-11-4-3-9(7-10(11)15(17,18)19)13(8-1-2-8)21-14(24)20-6-5-12(22)23/h3-4,7-8,13H,1-2,5-6H2,(H,22,23)(H2,20,21,24). The average Bonchev–Trinajstić information content (AvgIpc) is 3.28. The molecular weight excluding hydrogens is 349 g/mol. The summed E-state index contributed by atoms with van der Waals surface area (Å²) < 4.78 is 38.9. The van der Waals surface area contributed by atoms with E-state index in [0.717, 1.165) is 18.9 Å². The molecule has 1 fully saturated rings. The lowest BCUT2D eigenvalue weighted by Gasteiger charge is -2.21. The van der Waals surface area contributed by atoms with Crippen LogP contribution < -0.4 is 10.6 Å². The first kappa shape index (κ1) is 18.4. The number of hydrogen-bond donors (Lipinski definition) is 3. The minimum absolute atomic E-state index is 0.0532. The van der Waals surface area contributed by atoms with Crippen LogP contribution >= 0.6 is 11.6 Å². The lowest BCUT2D eigenvalue weighted by Crippen LogP contribution is -2.39. The summed E-state index contributed by atoms with van der Waals surface area (Å²) >= 11 is 5.61. The minimum atomic E-state index is -4.58. The van der Waals surface area contributed by atoms with Gasteiger partial charge in [0.1, 0.15) is 0 Å². The zero-order valence-corrected chi connectivity index (χ0v) is 13.2. The summed E-state index contributed by atoms with van der Waals surface area (Å²) in [5, 5.41) is 13.1. The monoisotopic (exact) mass is 364 g/mol. The predicted molar refractivity (Wildman–Crippen MR) is 80.7 cm³/mol. The molecule has 5 nitrogen and oxygen atoms in total. The van der Waals surface area contributed by atoms with E-state index in [1.807, 2.05) is 0 Å². The number of carboxylic acids is 1. The normalized spacial score (nSPS) is 15.7. The Bertz CT molecular complexity index is 633. The smallest absolute Gasteiger partial charge is 0.417 e. The number of nitrogens with one attached hydrogen (secondary N) is 2. The van der Waals surface area contributed by atoms with Gasteiger partial charge >= 0.3 is 18.2 Å². The van der Waals surface area contributed by atoms with Gasteiger partial charge in [-0.3, -0.25) is 4.79 Å². The van der Waals surface area contributed by atoms with Gasteiger partial charge in [-0.25, -0.2) is 4.79 Å². The zero-order chi connectivity index (χ0) is 17.9. The van der Waals surface area contributed by atoms with Gasteiger partial charge in [-0.05, 0) is 36.5 Å². The third kappa shape index (κ3) is 5.02. The van der Waals surface area contributed by atoms with E-state index < -0.39 is 34.8 Å². The van der Waals surface area contributed by atoms with Gasteiger partial charge in [0.15, 0.2) is 0 Å². The summed E-state index contributed by atoms with van der Waals surface area (Å²) in [7, 11) is 0. The van der Waals surface area contributed by atoms with Gasteiger partial charge < -0.3 is 15.7 Å². The summed E-state index contributed by atoms with van der Waals surface area (Å²) in [6, 6.07) is 2.38. The highest BCUT2D eigenvalue weighted by Gasteiger charge is 2.37. The van der Waals surface area contributed by atoms with Crippen molar-refractivity contribution in [3.05, 3.63) is 34.3 Å². The third-order valence-corrected chi connectivity index (χ3v) is 3.99. The Hall–Kier alpha value is -1.96. The average molecular weight is 365 g/mol. The fourth-order valence-electron chi connectivity index (χ4n) is 2.33. The first-order valence-corrected chi connectivity index (χ1v) is 7.69. The molecule has 0 aromatic heterocycles. The number of halogens is 4. The van der Waals surface area contributed by atoms with Gasteiger partial charge in [0.05, 0.1) is 23.0 Å². The Labute approximate surface area is 141 Å². The second-order valence-corrected chi connectivity index (χ2v) is 6.00. The molecule has 2 rings (SSSR count). The molecule has 0 heterocycles. The molecule has 0 bridgehead atoms. The largest absolute Gasteiger partial charge is 0.481 e. The molecule has 1 atom stereocenters. The van der Waals surface area contributed by atoms with E-state index in [1.54, 1.807) is 0 Å². The maximum Gasteiger partial charge on any atom is 0.417 e. The van der Waals surface area contributed by atoms with Crippen molar-refractivity contribution in [1.29, 1.82) is 0 Å². The molecule has 1 unspecified atom stereocenters. The zero-order valence-electron chi connectivity index (χ0n) is 12.5. The Balaban J connectivity index is 2.11. The van der Waals surface area contributed by atoms with E-state index in [-0.39, 0.29) is 18.9 Å². The van der Waals surface area contributed by atoms with Crippen molar-refractivity contribution in [3.63, 3.8) is 0 Å². The number of amides is 2. The second-order valence-electron chi connectivity index (χ2n) is 5.60. The molecule has 0 saturated heterocycles. The highest BCUT2D eigenvalue weighted by molar-refractivity contribution is 6.31. The number of carboxylic acid groups (broad SMARTS) is 1. The Kier molecular flexibility index (Phi) is 5.58.